The molecule has 1 unspecified atom stereocenters. The van der Waals surface area contributed by atoms with Crippen LogP contribution in [0.2, 0.25) is 0 Å². The molecule has 1 aliphatic heterocycles. The Morgan fingerprint density at radius 2 is 1.71 bits per heavy atom. The van der Waals surface area contributed by atoms with Crippen molar-refractivity contribution >= 4 is 11.5 Å². The van der Waals surface area contributed by atoms with Gasteiger partial charge >= 0.3 is 0 Å². The second-order valence-electron chi connectivity index (χ2n) is 15.1. The molecule has 1 aromatic carbocycles. The molecule has 7 rings (SSSR count). The summed E-state index contributed by atoms with van der Waals surface area (Å²) < 4.78 is 12.9. The highest BCUT2D eigenvalue weighted by atomic mass is 16.7. The SMILES string of the molecule is CN(C)c1ccc2c(c1)C[C@]13CCC4(C[C@]1(O)CC[C@H]1[C@@H]5CCC(=O)[C@@]5(C)CC2[C@@]13O)OCC(C)(C)CO4. The monoisotopic (exact) mass is 523 g/mol. The smallest absolute Gasteiger partial charge is 0.171 e. The van der Waals surface area contributed by atoms with Crippen molar-refractivity contribution in [3.63, 3.8) is 0 Å². The molecule has 2 N–H and O–H groups in total. The van der Waals surface area contributed by atoms with Gasteiger partial charge in [-0.2, -0.15) is 0 Å². The molecule has 0 aromatic heterocycles. The summed E-state index contributed by atoms with van der Waals surface area (Å²) in [4.78, 5) is 15.5. The molecule has 5 aliphatic carbocycles. The number of rotatable bonds is 1. The van der Waals surface area contributed by atoms with E-state index in [1.807, 2.05) is 0 Å². The van der Waals surface area contributed by atoms with E-state index < -0.39 is 27.8 Å². The molecule has 5 fully saturated rings. The lowest BCUT2D eigenvalue weighted by Gasteiger charge is -2.73. The second-order valence-corrected chi connectivity index (χ2v) is 15.1. The number of fused-ring (bicyclic) bond motifs is 4. The zero-order chi connectivity index (χ0) is 26.9. The fourth-order valence-electron chi connectivity index (χ4n) is 10.3. The average molecular weight is 524 g/mol. The van der Waals surface area contributed by atoms with Gasteiger partial charge in [-0.05, 0) is 73.6 Å². The fraction of sp³-hybridized carbons (Fsp3) is 0.781. The largest absolute Gasteiger partial charge is 0.389 e. The maximum absolute atomic E-state index is 13.4. The van der Waals surface area contributed by atoms with Crippen LogP contribution in [0.4, 0.5) is 5.69 Å². The van der Waals surface area contributed by atoms with Crippen LogP contribution in [0, 0.1) is 28.1 Å². The lowest BCUT2D eigenvalue weighted by molar-refractivity contribution is -0.377. The van der Waals surface area contributed by atoms with Crippen LogP contribution in [0.15, 0.2) is 18.2 Å². The Hall–Kier alpha value is -1.47. The lowest BCUT2D eigenvalue weighted by atomic mass is 9.35. The molecular formula is C32H45NO5. The predicted octanol–water partition coefficient (Wildman–Crippen LogP) is 4.59. The van der Waals surface area contributed by atoms with Gasteiger partial charge in [0, 0.05) is 61.2 Å². The van der Waals surface area contributed by atoms with Gasteiger partial charge in [0.1, 0.15) is 5.78 Å². The van der Waals surface area contributed by atoms with Crippen LogP contribution in [0.5, 0.6) is 0 Å². The topological polar surface area (TPSA) is 79.2 Å². The molecule has 1 heterocycles. The highest BCUT2D eigenvalue weighted by Crippen LogP contribution is 2.75. The molecular weight excluding hydrogens is 478 g/mol. The Kier molecular flexibility index (Phi) is 5.12. The molecule has 2 spiro atoms. The van der Waals surface area contributed by atoms with Crippen molar-refractivity contribution in [1.29, 1.82) is 0 Å². The number of carbonyl (C=O) groups is 1. The molecule has 7 atom stereocenters. The van der Waals surface area contributed by atoms with E-state index in [2.05, 4.69) is 58.0 Å². The van der Waals surface area contributed by atoms with Crippen molar-refractivity contribution < 1.29 is 24.5 Å². The molecule has 38 heavy (non-hydrogen) atoms. The summed E-state index contributed by atoms with van der Waals surface area (Å²) in [6.07, 6.45) is 5.91. The Balaban J connectivity index is 1.38. The highest BCUT2D eigenvalue weighted by Gasteiger charge is 2.78. The number of ether oxygens (including phenoxy) is 2. The first-order chi connectivity index (χ1) is 17.8. The summed E-state index contributed by atoms with van der Waals surface area (Å²) in [5.41, 5.74) is 0.249. The minimum absolute atomic E-state index is 0.0147. The van der Waals surface area contributed by atoms with E-state index in [4.69, 9.17) is 9.47 Å². The number of aliphatic hydroxyl groups is 2. The van der Waals surface area contributed by atoms with Crippen molar-refractivity contribution in [3.05, 3.63) is 29.3 Å². The van der Waals surface area contributed by atoms with Gasteiger partial charge in [-0.3, -0.25) is 4.79 Å². The standard InChI is InChI=1S/C32H45NO5/c1-27(2)18-37-31(38-19-27)13-12-29-15-20-14-21(33(4)5)6-7-22(20)25-16-28(3)23(8-9-26(28)34)24(32(25,29)36)10-11-30(29,35)17-31/h6-7,14,23-25,35-36H,8-13,15-19H2,1-5H3/t23-,24-,25?,28-,29+,30+,32-/m0/s1. The summed E-state index contributed by atoms with van der Waals surface area (Å²) in [6, 6.07) is 6.61. The van der Waals surface area contributed by atoms with Crippen LogP contribution in [0.3, 0.4) is 0 Å². The molecule has 0 bridgehead atoms. The second kappa shape index (κ2) is 7.63. The van der Waals surface area contributed by atoms with E-state index in [-0.39, 0.29) is 23.2 Å². The van der Waals surface area contributed by atoms with E-state index in [0.717, 1.165) is 18.5 Å². The molecule has 6 heteroatoms. The van der Waals surface area contributed by atoms with Crippen LogP contribution < -0.4 is 4.90 Å². The minimum Gasteiger partial charge on any atom is -0.389 e. The maximum Gasteiger partial charge on any atom is 0.171 e. The van der Waals surface area contributed by atoms with Crippen molar-refractivity contribution in [2.75, 3.05) is 32.2 Å². The van der Waals surface area contributed by atoms with Crippen LogP contribution in [-0.4, -0.2) is 60.3 Å². The molecule has 208 valence electrons. The van der Waals surface area contributed by atoms with Gasteiger partial charge in [0.05, 0.1) is 24.4 Å². The first-order valence-electron chi connectivity index (χ1n) is 14.8. The first-order valence-corrected chi connectivity index (χ1v) is 14.8. The van der Waals surface area contributed by atoms with Crippen LogP contribution in [-0.2, 0) is 20.7 Å². The Labute approximate surface area is 227 Å². The van der Waals surface area contributed by atoms with Crippen molar-refractivity contribution in [2.45, 2.75) is 101 Å². The van der Waals surface area contributed by atoms with Gasteiger partial charge in [0.15, 0.2) is 5.79 Å². The third kappa shape index (κ3) is 3.01. The van der Waals surface area contributed by atoms with Crippen LogP contribution >= 0.6 is 0 Å². The van der Waals surface area contributed by atoms with Gasteiger partial charge in [-0.1, -0.05) is 26.8 Å². The van der Waals surface area contributed by atoms with Gasteiger partial charge in [0.2, 0.25) is 0 Å². The van der Waals surface area contributed by atoms with E-state index in [9.17, 15) is 15.0 Å². The molecule has 4 saturated carbocycles. The zero-order valence-electron chi connectivity index (χ0n) is 23.8. The first kappa shape index (κ1) is 25.5. The number of carbonyl (C=O) groups excluding carboxylic acids is 1. The number of Topliss-reactive ketones (excluding diaryl/α,β-unsaturated/α-hetero) is 1. The van der Waals surface area contributed by atoms with Crippen molar-refractivity contribution in [3.8, 4) is 0 Å². The number of benzene rings is 1. The molecule has 0 amide bonds. The number of anilines is 1. The third-order valence-corrected chi connectivity index (χ3v) is 12.3. The van der Waals surface area contributed by atoms with E-state index >= 15 is 0 Å². The van der Waals surface area contributed by atoms with Crippen LogP contribution in [0.25, 0.3) is 0 Å². The summed E-state index contributed by atoms with van der Waals surface area (Å²) in [6.45, 7) is 7.70. The minimum atomic E-state index is -1.10. The molecule has 0 radical (unpaired) electrons. The van der Waals surface area contributed by atoms with E-state index in [0.29, 0.717) is 63.9 Å². The third-order valence-electron chi connectivity index (χ3n) is 12.3. The maximum atomic E-state index is 13.4. The Bertz CT molecular complexity index is 1180. The summed E-state index contributed by atoms with van der Waals surface area (Å²) in [7, 11) is 4.11. The predicted molar refractivity (Wildman–Crippen MR) is 145 cm³/mol. The van der Waals surface area contributed by atoms with Crippen molar-refractivity contribution in [2.24, 2.45) is 28.1 Å². The summed E-state index contributed by atoms with van der Waals surface area (Å²) in [5, 5.41) is 26.1. The van der Waals surface area contributed by atoms with Crippen molar-refractivity contribution in [1.82, 2.24) is 0 Å². The number of hydrogen-bond acceptors (Lipinski definition) is 6. The average Bonchev–Trinajstić information content (AvgIpc) is 3.15. The number of nitrogens with zero attached hydrogens (tertiary/aromatic N) is 1. The number of hydrogen-bond donors (Lipinski definition) is 2. The summed E-state index contributed by atoms with van der Waals surface area (Å²) >= 11 is 0. The quantitative estimate of drug-likeness (QED) is 0.561. The fourth-order valence-corrected chi connectivity index (χ4v) is 10.3. The highest BCUT2D eigenvalue weighted by molar-refractivity contribution is 5.87. The zero-order valence-corrected chi connectivity index (χ0v) is 23.8. The summed E-state index contributed by atoms with van der Waals surface area (Å²) in [5.74, 6) is -0.388. The van der Waals surface area contributed by atoms with Gasteiger partial charge in [0.25, 0.3) is 0 Å². The van der Waals surface area contributed by atoms with Gasteiger partial charge < -0.3 is 24.6 Å². The molecule has 1 aromatic rings. The molecule has 6 nitrogen and oxygen atoms in total. The van der Waals surface area contributed by atoms with E-state index in [1.54, 1.807) is 0 Å². The van der Waals surface area contributed by atoms with E-state index in [1.165, 1.54) is 11.1 Å². The lowest BCUT2D eigenvalue weighted by Crippen LogP contribution is -2.78. The number of ketones is 1. The Morgan fingerprint density at radius 3 is 2.42 bits per heavy atom. The van der Waals surface area contributed by atoms with Gasteiger partial charge in [-0.25, -0.2) is 0 Å². The molecule has 1 saturated heterocycles. The Morgan fingerprint density at radius 1 is 0.974 bits per heavy atom. The van der Waals surface area contributed by atoms with Gasteiger partial charge in [-0.15, -0.1) is 0 Å². The normalized spacial score (nSPS) is 46.1. The van der Waals surface area contributed by atoms with Crippen LogP contribution in [0.1, 0.15) is 89.2 Å². The molecule has 6 aliphatic rings.